The smallest absolute Gasteiger partial charge is 0.231 e. The van der Waals surface area contributed by atoms with Crippen LogP contribution >= 0.6 is 11.8 Å². The number of likely N-dealkylation sites (tertiary alicyclic amines) is 1. The molecule has 4 atom stereocenters. The van der Waals surface area contributed by atoms with Crippen LogP contribution in [-0.2, 0) is 4.79 Å². The Morgan fingerprint density at radius 1 is 1.32 bits per heavy atom. The van der Waals surface area contributed by atoms with Gasteiger partial charge in [0.1, 0.15) is 0 Å². The summed E-state index contributed by atoms with van der Waals surface area (Å²) in [5, 5.41) is 0.498. The summed E-state index contributed by atoms with van der Waals surface area (Å²) in [5.41, 5.74) is -0.0784. The molecule has 4 heteroatoms. The van der Waals surface area contributed by atoms with Gasteiger partial charge in [-0.3, -0.25) is 9.69 Å². The lowest BCUT2D eigenvalue weighted by atomic mass is 9.68. The van der Waals surface area contributed by atoms with Gasteiger partial charge in [-0.15, -0.1) is 11.8 Å². The summed E-state index contributed by atoms with van der Waals surface area (Å²) in [6.45, 7) is 12.4. The van der Waals surface area contributed by atoms with Crippen LogP contribution in [0.4, 0.5) is 0 Å². The zero-order chi connectivity index (χ0) is 14.4. The Morgan fingerprint density at radius 2 is 1.95 bits per heavy atom. The largest absolute Gasteiger partial charge is 0.344 e. The van der Waals surface area contributed by atoms with Gasteiger partial charge in [0.05, 0.1) is 10.8 Å². The molecule has 0 aromatic carbocycles. The summed E-state index contributed by atoms with van der Waals surface area (Å²) < 4.78 is 0. The molecule has 1 amide bonds. The van der Waals surface area contributed by atoms with Gasteiger partial charge in [0, 0.05) is 31.4 Å². The molecule has 2 heterocycles. The van der Waals surface area contributed by atoms with Gasteiger partial charge in [-0.05, 0) is 40.0 Å². The predicted molar refractivity (Wildman–Crippen MR) is 82.2 cm³/mol. The molecule has 4 unspecified atom stereocenters. The van der Waals surface area contributed by atoms with E-state index in [0.717, 1.165) is 18.7 Å². The van der Waals surface area contributed by atoms with E-state index in [1.54, 1.807) is 0 Å². The predicted octanol–water partition coefficient (Wildman–Crippen LogP) is 2.66. The standard InChI is InChI=1S/C15H28N2OS/c1-10(2)17-12(4)7-11(3)15(9-19-13(17)5)8-16(6)14(15)18/h10-13H,7-9H2,1-6H3. The van der Waals surface area contributed by atoms with E-state index >= 15 is 0 Å². The van der Waals surface area contributed by atoms with Gasteiger partial charge in [-0.2, -0.15) is 0 Å². The van der Waals surface area contributed by atoms with E-state index in [9.17, 15) is 4.79 Å². The number of carbonyl (C=O) groups excluding carboxylic acids is 1. The van der Waals surface area contributed by atoms with E-state index in [-0.39, 0.29) is 5.41 Å². The van der Waals surface area contributed by atoms with Crippen molar-refractivity contribution >= 4 is 17.7 Å². The second kappa shape index (κ2) is 5.28. The summed E-state index contributed by atoms with van der Waals surface area (Å²) in [6, 6.07) is 1.12. The monoisotopic (exact) mass is 284 g/mol. The molecule has 0 saturated carbocycles. The van der Waals surface area contributed by atoms with Crippen molar-refractivity contribution in [3.63, 3.8) is 0 Å². The molecular weight excluding hydrogens is 256 g/mol. The third-order valence-electron chi connectivity index (χ3n) is 5.04. The molecule has 110 valence electrons. The first kappa shape index (κ1) is 15.2. The number of hydrogen-bond acceptors (Lipinski definition) is 3. The number of amides is 1. The molecule has 19 heavy (non-hydrogen) atoms. The first-order valence-electron chi connectivity index (χ1n) is 7.44. The maximum Gasteiger partial charge on any atom is 0.231 e. The van der Waals surface area contributed by atoms with E-state index in [1.807, 2.05) is 23.7 Å². The van der Waals surface area contributed by atoms with Gasteiger partial charge < -0.3 is 4.90 Å². The maximum absolute atomic E-state index is 12.3. The van der Waals surface area contributed by atoms with Gasteiger partial charge >= 0.3 is 0 Å². The van der Waals surface area contributed by atoms with Crippen LogP contribution in [0.25, 0.3) is 0 Å². The van der Waals surface area contributed by atoms with E-state index < -0.39 is 0 Å². The fourth-order valence-electron chi connectivity index (χ4n) is 3.97. The zero-order valence-corrected chi connectivity index (χ0v) is 14.0. The highest BCUT2D eigenvalue weighted by atomic mass is 32.2. The van der Waals surface area contributed by atoms with Crippen molar-refractivity contribution in [3.05, 3.63) is 0 Å². The van der Waals surface area contributed by atoms with Crippen molar-refractivity contribution in [2.45, 2.75) is 58.5 Å². The van der Waals surface area contributed by atoms with Crippen molar-refractivity contribution in [3.8, 4) is 0 Å². The molecule has 0 radical (unpaired) electrons. The Kier molecular flexibility index (Phi) is 4.22. The van der Waals surface area contributed by atoms with Gasteiger partial charge in [-0.25, -0.2) is 0 Å². The quantitative estimate of drug-likeness (QED) is 0.692. The number of thioether (sulfide) groups is 1. The van der Waals surface area contributed by atoms with Crippen molar-refractivity contribution in [2.75, 3.05) is 19.3 Å². The Bertz CT molecular complexity index is 360. The van der Waals surface area contributed by atoms with Crippen LogP contribution in [0.3, 0.4) is 0 Å². The number of hydrogen-bond donors (Lipinski definition) is 0. The molecule has 0 N–H and O–H groups in total. The molecule has 2 fully saturated rings. The minimum absolute atomic E-state index is 0.0784. The molecule has 0 aromatic rings. The molecule has 2 saturated heterocycles. The molecule has 2 aliphatic heterocycles. The fraction of sp³-hybridized carbons (Fsp3) is 0.933. The maximum atomic E-state index is 12.3. The lowest BCUT2D eigenvalue weighted by Gasteiger charge is -2.54. The summed E-state index contributed by atoms with van der Waals surface area (Å²) >= 11 is 1.96. The van der Waals surface area contributed by atoms with Gasteiger partial charge in [-0.1, -0.05) is 6.92 Å². The highest BCUT2D eigenvalue weighted by Crippen LogP contribution is 2.46. The minimum Gasteiger partial charge on any atom is -0.344 e. The molecule has 0 aromatic heterocycles. The van der Waals surface area contributed by atoms with Crippen molar-refractivity contribution < 1.29 is 4.79 Å². The summed E-state index contributed by atoms with van der Waals surface area (Å²) in [4.78, 5) is 16.8. The molecule has 1 spiro atoms. The van der Waals surface area contributed by atoms with E-state index in [2.05, 4.69) is 39.5 Å². The molecule has 0 bridgehead atoms. The summed E-state index contributed by atoms with van der Waals surface area (Å²) in [5.74, 6) is 1.83. The average Bonchev–Trinajstić information content (AvgIpc) is 2.31. The van der Waals surface area contributed by atoms with Crippen LogP contribution in [0.15, 0.2) is 0 Å². The van der Waals surface area contributed by atoms with Crippen molar-refractivity contribution in [1.82, 2.24) is 9.80 Å². The Balaban J connectivity index is 2.18. The first-order valence-corrected chi connectivity index (χ1v) is 8.49. The molecule has 2 aliphatic rings. The van der Waals surface area contributed by atoms with Crippen molar-refractivity contribution in [2.24, 2.45) is 11.3 Å². The van der Waals surface area contributed by atoms with Crippen molar-refractivity contribution in [1.29, 1.82) is 0 Å². The first-order chi connectivity index (χ1) is 8.79. The van der Waals surface area contributed by atoms with Gasteiger partial charge in [0.2, 0.25) is 5.91 Å². The summed E-state index contributed by atoms with van der Waals surface area (Å²) in [6.07, 6.45) is 1.13. The Labute approximate surface area is 122 Å². The van der Waals surface area contributed by atoms with Gasteiger partial charge in [0.25, 0.3) is 0 Å². The van der Waals surface area contributed by atoms with E-state index in [4.69, 9.17) is 0 Å². The number of rotatable bonds is 1. The fourth-order valence-corrected chi connectivity index (χ4v) is 5.63. The minimum atomic E-state index is -0.0784. The van der Waals surface area contributed by atoms with Gasteiger partial charge in [0.15, 0.2) is 0 Å². The van der Waals surface area contributed by atoms with Crippen LogP contribution in [0.5, 0.6) is 0 Å². The third kappa shape index (κ3) is 2.42. The number of carbonyl (C=O) groups is 1. The molecule has 0 aliphatic carbocycles. The SMILES string of the molecule is CC(C)N1C(C)CC(C)C2(CSC1C)CN(C)C2=O. The lowest BCUT2D eigenvalue weighted by molar-refractivity contribution is -0.161. The number of nitrogens with zero attached hydrogens (tertiary/aromatic N) is 2. The zero-order valence-electron chi connectivity index (χ0n) is 13.1. The molecule has 3 nitrogen and oxygen atoms in total. The second-order valence-electron chi connectivity index (χ2n) is 6.75. The van der Waals surface area contributed by atoms with Crippen LogP contribution in [0.1, 0.15) is 41.0 Å². The van der Waals surface area contributed by atoms with E-state index in [1.165, 1.54) is 0 Å². The summed E-state index contributed by atoms with van der Waals surface area (Å²) in [7, 11) is 1.93. The topological polar surface area (TPSA) is 23.6 Å². The van der Waals surface area contributed by atoms with Crippen LogP contribution in [0, 0.1) is 11.3 Å². The van der Waals surface area contributed by atoms with E-state index in [0.29, 0.717) is 29.3 Å². The second-order valence-corrected chi connectivity index (χ2v) is 8.06. The van der Waals surface area contributed by atoms with Crippen LogP contribution in [-0.4, -0.2) is 52.5 Å². The third-order valence-corrected chi connectivity index (χ3v) is 6.44. The molecule has 2 rings (SSSR count). The normalized spacial score (nSPS) is 41.3. The average molecular weight is 284 g/mol. The highest BCUT2D eigenvalue weighted by molar-refractivity contribution is 7.99. The van der Waals surface area contributed by atoms with Crippen LogP contribution in [0.2, 0.25) is 0 Å². The Hall–Kier alpha value is -0.220. The lowest BCUT2D eigenvalue weighted by Crippen LogP contribution is -2.65. The van der Waals surface area contributed by atoms with Crippen LogP contribution < -0.4 is 0 Å². The highest BCUT2D eigenvalue weighted by Gasteiger charge is 2.55. The Morgan fingerprint density at radius 3 is 2.42 bits per heavy atom. The number of β-lactam (4-membered cyclic amide) rings is 1. The molecular formula is C15H28N2OS.